The molecular weight excluding hydrogens is 401 g/mol. The minimum Gasteiger partial charge on any atom is -0.481 e. The first-order valence-corrected chi connectivity index (χ1v) is 9.21. The zero-order valence-corrected chi connectivity index (χ0v) is 17.0. The molecule has 0 amide bonds. The van der Waals surface area contributed by atoms with Crippen LogP contribution in [0.3, 0.4) is 0 Å². The van der Waals surface area contributed by atoms with Crippen molar-refractivity contribution in [2.75, 3.05) is 12.8 Å². The van der Waals surface area contributed by atoms with Gasteiger partial charge in [0.05, 0.1) is 37.2 Å². The molecule has 0 unspecified atom stereocenters. The maximum atomic E-state index is 14.8. The molecule has 0 aliphatic carbocycles. The highest BCUT2D eigenvalue weighted by Crippen LogP contribution is 2.28. The number of hydrogen-bond donors (Lipinski definition) is 1. The molecule has 156 valence electrons. The standard InChI is InChI=1S/C20H18FN9O/c1-11-12(8-22)5-4-6-14(11)20-24-18(17(21)19(23)25-20)15-10-30(28-26-15)9-13-7-16(31-3)29(2)27-13/h4-7,10H,9H2,1-3H3,(H2,23,24,25). The number of ether oxygens (including phenoxy) is 1. The molecule has 11 heteroatoms. The topological polar surface area (TPSA) is 133 Å². The quantitative estimate of drug-likeness (QED) is 0.520. The van der Waals surface area contributed by atoms with Crippen LogP contribution >= 0.6 is 0 Å². The first-order chi connectivity index (χ1) is 14.9. The third-order valence-corrected chi connectivity index (χ3v) is 4.77. The summed E-state index contributed by atoms with van der Waals surface area (Å²) in [6.07, 6.45) is 1.55. The van der Waals surface area contributed by atoms with Crippen molar-refractivity contribution in [3.8, 4) is 34.7 Å². The molecule has 1 aromatic carbocycles. The van der Waals surface area contributed by atoms with Gasteiger partial charge in [0, 0.05) is 18.7 Å². The SMILES string of the molecule is COc1cc(Cn2cc(-c3nc(-c4cccc(C#N)c4C)nc(N)c3F)nn2)nn1C. The van der Waals surface area contributed by atoms with E-state index < -0.39 is 5.82 Å². The molecule has 0 aliphatic rings. The Hall–Kier alpha value is -4.33. The molecule has 4 aromatic rings. The van der Waals surface area contributed by atoms with Gasteiger partial charge in [-0.05, 0) is 18.6 Å². The second-order valence-electron chi connectivity index (χ2n) is 6.79. The van der Waals surface area contributed by atoms with E-state index in [2.05, 4.69) is 31.4 Å². The van der Waals surface area contributed by atoms with Gasteiger partial charge < -0.3 is 10.5 Å². The van der Waals surface area contributed by atoms with Crippen LogP contribution in [0, 0.1) is 24.1 Å². The Morgan fingerprint density at radius 1 is 1.29 bits per heavy atom. The predicted octanol–water partition coefficient (Wildman–Crippen LogP) is 2.09. The van der Waals surface area contributed by atoms with Gasteiger partial charge in [0.1, 0.15) is 11.4 Å². The van der Waals surface area contributed by atoms with Crippen molar-refractivity contribution < 1.29 is 9.13 Å². The van der Waals surface area contributed by atoms with Gasteiger partial charge in [-0.15, -0.1) is 5.10 Å². The van der Waals surface area contributed by atoms with Crippen LogP contribution in [-0.4, -0.2) is 41.9 Å². The van der Waals surface area contributed by atoms with Crippen molar-refractivity contribution in [3.63, 3.8) is 0 Å². The average molecular weight is 419 g/mol. The van der Waals surface area contributed by atoms with E-state index in [0.717, 1.165) is 0 Å². The van der Waals surface area contributed by atoms with Gasteiger partial charge >= 0.3 is 0 Å². The van der Waals surface area contributed by atoms with Crippen LogP contribution < -0.4 is 10.5 Å². The number of anilines is 1. The van der Waals surface area contributed by atoms with Crippen molar-refractivity contribution in [3.05, 3.63) is 53.1 Å². The molecule has 0 spiro atoms. The van der Waals surface area contributed by atoms with E-state index in [1.807, 2.05) is 0 Å². The van der Waals surface area contributed by atoms with E-state index in [-0.39, 0.29) is 23.0 Å². The Bertz CT molecular complexity index is 1320. The number of halogens is 1. The Balaban J connectivity index is 1.71. The summed E-state index contributed by atoms with van der Waals surface area (Å²) in [4.78, 5) is 8.39. The number of benzene rings is 1. The molecule has 3 aromatic heterocycles. The Morgan fingerprint density at radius 3 is 2.81 bits per heavy atom. The van der Waals surface area contributed by atoms with E-state index in [1.165, 1.54) is 4.68 Å². The third-order valence-electron chi connectivity index (χ3n) is 4.77. The van der Waals surface area contributed by atoms with Crippen LogP contribution in [0.15, 0.2) is 30.5 Å². The fourth-order valence-corrected chi connectivity index (χ4v) is 3.18. The van der Waals surface area contributed by atoms with Crippen LogP contribution in [-0.2, 0) is 13.6 Å². The summed E-state index contributed by atoms with van der Waals surface area (Å²) in [6.45, 7) is 2.08. The lowest BCUT2D eigenvalue weighted by molar-refractivity contribution is 0.373. The maximum absolute atomic E-state index is 14.8. The number of aromatic nitrogens is 7. The predicted molar refractivity (Wildman–Crippen MR) is 109 cm³/mol. The van der Waals surface area contributed by atoms with Crippen molar-refractivity contribution in [2.45, 2.75) is 13.5 Å². The molecule has 0 radical (unpaired) electrons. The van der Waals surface area contributed by atoms with Crippen molar-refractivity contribution in [2.24, 2.45) is 7.05 Å². The molecule has 0 saturated carbocycles. The minimum atomic E-state index is -0.788. The van der Waals surface area contributed by atoms with E-state index in [0.29, 0.717) is 34.8 Å². The largest absolute Gasteiger partial charge is 0.481 e. The summed E-state index contributed by atoms with van der Waals surface area (Å²) in [5.41, 5.74) is 8.36. The Kier molecular flexibility index (Phi) is 5.04. The zero-order valence-electron chi connectivity index (χ0n) is 17.0. The maximum Gasteiger partial charge on any atom is 0.211 e. The van der Waals surface area contributed by atoms with Crippen molar-refractivity contribution >= 4 is 5.82 Å². The van der Waals surface area contributed by atoms with E-state index in [4.69, 9.17) is 10.5 Å². The highest BCUT2D eigenvalue weighted by Gasteiger charge is 2.19. The van der Waals surface area contributed by atoms with Crippen LogP contribution in [0.2, 0.25) is 0 Å². The number of aryl methyl sites for hydroxylation is 1. The molecule has 2 N–H and O–H groups in total. The first-order valence-electron chi connectivity index (χ1n) is 9.21. The summed E-state index contributed by atoms with van der Waals surface area (Å²) in [5.74, 6) is -0.299. The number of nitriles is 1. The Labute approximate surface area is 176 Å². The lowest BCUT2D eigenvalue weighted by atomic mass is 10.0. The Morgan fingerprint density at radius 2 is 2.10 bits per heavy atom. The van der Waals surface area contributed by atoms with Crippen LogP contribution in [0.1, 0.15) is 16.8 Å². The summed E-state index contributed by atoms with van der Waals surface area (Å²) in [5, 5.41) is 21.7. The van der Waals surface area contributed by atoms with Crippen LogP contribution in [0.4, 0.5) is 10.2 Å². The fraction of sp³-hybridized carbons (Fsp3) is 0.200. The molecule has 0 aliphatic heterocycles. The summed E-state index contributed by atoms with van der Waals surface area (Å²) >= 11 is 0. The van der Waals surface area contributed by atoms with Crippen LogP contribution in [0.5, 0.6) is 5.88 Å². The molecule has 31 heavy (non-hydrogen) atoms. The number of methoxy groups -OCH3 is 1. The van der Waals surface area contributed by atoms with E-state index in [9.17, 15) is 9.65 Å². The zero-order chi connectivity index (χ0) is 22.1. The molecular formula is C20H18FN9O. The average Bonchev–Trinajstić information content (AvgIpc) is 3.36. The summed E-state index contributed by atoms with van der Waals surface area (Å²) in [6, 6.07) is 9.02. The van der Waals surface area contributed by atoms with E-state index >= 15 is 0 Å². The lowest BCUT2D eigenvalue weighted by Gasteiger charge is -2.09. The smallest absolute Gasteiger partial charge is 0.211 e. The van der Waals surface area contributed by atoms with Gasteiger partial charge in [0.15, 0.2) is 17.5 Å². The summed E-state index contributed by atoms with van der Waals surface area (Å²) in [7, 11) is 3.32. The normalized spacial score (nSPS) is 10.8. The number of rotatable bonds is 5. The second kappa shape index (κ2) is 7.83. The number of hydrogen-bond acceptors (Lipinski definition) is 8. The van der Waals surface area contributed by atoms with Crippen molar-refractivity contribution in [1.29, 1.82) is 5.26 Å². The van der Waals surface area contributed by atoms with Gasteiger partial charge in [0.2, 0.25) is 5.88 Å². The van der Waals surface area contributed by atoms with Gasteiger partial charge in [-0.2, -0.15) is 10.4 Å². The molecule has 0 bridgehead atoms. The third kappa shape index (κ3) is 3.66. The molecule has 0 atom stereocenters. The summed E-state index contributed by atoms with van der Waals surface area (Å²) < 4.78 is 23.1. The number of nitrogens with zero attached hydrogens (tertiary/aromatic N) is 8. The van der Waals surface area contributed by atoms with Gasteiger partial charge in [-0.3, -0.25) is 0 Å². The second-order valence-corrected chi connectivity index (χ2v) is 6.79. The fourth-order valence-electron chi connectivity index (χ4n) is 3.18. The number of nitrogens with two attached hydrogens (primary N) is 1. The first kappa shape index (κ1) is 20.0. The monoisotopic (exact) mass is 419 g/mol. The van der Waals surface area contributed by atoms with Gasteiger partial charge in [0.25, 0.3) is 0 Å². The molecule has 0 fully saturated rings. The molecule has 3 heterocycles. The lowest BCUT2D eigenvalue weighted by Crippen LogP contribution is -2.04. The molecule has 0 saturated heterocycles. The molecule has 10 nitrogen and oxygen atoms in total. The highest BCUT2D eigenvalue weighted by atomic mass is 19.1. The van der Waals surface area contributed by atoms with Gasteiger partial charge in [-0.1, -0.05) is 17.3 Å². The minimum absolute atomic E-state index is 0.0749. The molecule has 4 rings (SSSR count). The number of nitrogen functional groups attached to an aromatic ring is 1. The van der Waals surface area contributed by atoms with Crippen molar-refractivity contribution in [1.82, 2.24) is 34.7 Å². The van der Waals surface area contributed by atoms with Crippen LogP contribution in [0.25, 0.3) is 22.8 Å². The highest BCUT2D eigenvalue weighted by molar-refractivity contribution is 5.69. The van der Waals surface area contributed by atoms with Gasteiger partial charge in [-0.25, -0.2) is 23.7 Å². The van der Waals surface area contributed by atoms with E-state index in [1.54, 1.807) is 56.2 Å².